The van der Waals surface area contributed by atoms with Crippen LogP contribution in [0.2, 0.25) is 0 Å². The van der Waals surface area contributed by atoms with E-state index >= 15 is 0 Å². The molecule has 0 saturated heterocycles. The zero-order valence-electron chi connectivity index (χ0n) is 18.5. The highest BCUT2D eigenvalue weighted by molar-refractivity contribution is 5.83. The van der Waals surface area contributed by atoms with E-state index in [0.29, 0.717) is 11.8 Å². The Morgan fingerprint density at radius 2 is 1.83 bits per heavy atom. The maximum absolute atomic E-state index is 12.4. The fourth-order valence-corrected chi connectivity index (χ4v) is 3.83. The number of nitrogens with one attached hydrogen (secondary N) is 1. The number of fused-ring (bicyclic) bond motifs is 1. The van der Waals surface area contributed by atoms with Crippen LogP contribution in [0.15, 0.2) is 6.07 Å². The first-order valence-electron chi connectivity index (χ1n) is 9.86. The third kappa shape index (κ3) is 3.97. The summed E-state index contributed by atoms with van der Waals surface area (Å²) < 4.78 is 9.29. The Kier molecular flexibility index (Phi) is 5.64. The van der Waals surface area contributed by atoms with Gasteiger partial charge in [0.05, 0.1) is 17.4 Å². The van der Waals surface area contributed by atoms with Gasteiger partial charge in [0, 0.05) is 36.8 Å². The van der Waals surface area contributed by atoms with Crippen LogP contribution in [0, 0.1) is 20.8 Å². The Morgan fingerprint density at radius 3 is 2.41 bits per heavy atom. The van der Waals surface area contributed by atoms with Crippen LogP contribution in [-0.4, -0.2) is 37.1 Å². The lowest BCUT2D eigenvalue weighted by Gasteiger charge is -2.15. The van der Waals surface area contributed by atoms with Crippen LogP contribution in [0.5, 0.6) is 5.88 Å². The summed E-state index contributed by atoms with van der Waals surface area (Å²) >= 11 is 0. The second-order valence-corrected chi connectivity index (χ2v) is 7.93. The minimum absolute atomic E-state index is 0.102. The highest BCUT2D eigenvalue weighted by atomic mass is 16.5. The van der Waals surface area contributed by atoms with Crippen LogP contribution in [-0.2, 0) is 18.9 Å². The third-order valence-electron chi connectivity index (χ3n) is 5.27. The first-order valence-corrected chi connectivity index (χ1v) is 9.86. The number of ether oxygens (including phenoxy) is 1. The highest BCUT2D eigenvalue weighted by Gasteiger charge is 2.19. The molecule has 1 amide bonds. The molecule has 1 N–H and O–H groups in total. The van der Waals surface area contributed by atoms with Gasteiger partial charge in [0.1, 0.15) is 0 Å². The summed E-state index contributed by atoms with van der Waals surface area (Å²) in [6.07, 6.45) is 0. The maximum Gasteiger partial charge on any atom is 0.258 e. The van der Waals surface area contributed by atoms with Crippen molar-refractivity contribution < 1.29 is 9.53 Å². The van der Waals surface area contributed by atoms with E-state index < -0.39 is 0 Å². The van der Waals surface area contributed by atoms with Crippen molar-refractivity contribution in [1.82, 2.24) is 29.9 Å². The fourth-order valence-electron chi connectivity index (χ4n) is 3.83. The van der Waals surface area contributed by atoms with Gasteiger partial charge < -0.3 is 10.1 Å². The SMILES string of the molecule is Cc1nn(C)c(C)c1C(C)NC(=O)COc1cc(C)c2c(C(C)C)nn(C)c2n1. The first-order chi connectivity index (χ1) is 13.6. The minimum Gasteiger partial charge on any atom is -0.468 e. The number of nitrogens with zero attached hydrogens (tertiary/aromatic N) is 5. The molecule has 3 heterocycles. The van der Waals surface area contributed by atoms with Crippen molar-refractivity contribution in [2.24, 2.45) is 14.1 Å². The van der Waals surface area contributed by atoms with Crippen LogP contribution >= 0.6 is 0 Å². The Hall–Kier alpha value is -2.90. The average Bonchev–Trinajstić information content (AvgIpc) is 3.10. The molecule has 0 spiro atoms. The number of rotatable bonds is 6. The molecular formula is C21H30N6O2. The molecule has 0 saturated carbocycles. The average molecular weight is 399 g/mol. The molecule has 1 atom stereocenters. The number of carbonyl (C=O) groups is 1. The number of hydrogen-bond donors (Lipinski definition) is 1. The zero-order valence-corrected chi connectivity index (χ0v) is 18.5. The van der Waals surface area contributed by atoms with Gasteiger partial charge in [-0.25, -0.2) is 0 Å². The number of hydrogen-bond acceptors (Lipinski definition) is 5. The van der Waals surface area contributed by atoms with Crippen LogP contribution in [0.1, 0.15) is 60.9 Å². The van der Waals surface area contributed by atoms with Gasteiger partial charge in [-0.2, -0.15) is 15.2 Å². The Balaban J connectivity index is 1.72. The third-order valence-corrected chi connectivity index (χ3v) is 5.27. The molecular weight excluding hydrogens is 368 g/mol. The quantitative estimate of drug-likeness (QED) is 0.690. The van der Waals surface area contributed by atoms with Crippen LogP contribution < -0.4 is 10.1 Å². The molecule has 29 heavy (non-hydrogen) atoms. The topological polar surface area (TPSA) is 86.9 Å². The fraction of sp³-hybridized carbons (Fsp3) is 0.524. The zero-order chi connectivity index (χ0) is 21.5. The summed E-state index contributed by atoms with van der Waals surface area (Å²) in [5.41, 5.74) is 5.81. The van der Waals surface area contributed by atoms with Crippen molar-refractivity contribution in [3.63, 3.8) is 0 Å². The largest absolute Gasteiger partial charge is 0.468 e. The van der Waals surface area contributed by atoms with Crippen molar-refractivity contribution in [2.45, 2.75) is 53.5 Å². The Labute approximate surface area is 171 Å². The van der Waals surface area contributed by atoms with Gasteiger partial charge in [0.25, 0.3) is 5.91 Å². The van der Waals surface area contributed by atoms with E-state index in [-0.39, 0.29) is 18.6 Å². The van der Waals surface area contributed by atoms with Crippen LogP contribution in [0.4, 0.5) is 0 Å². The number of carbonyl (C=O) groups excluding carboxylic acids is 1. The van der Waals surface area contributed by atoms with Crippen LogP contribution in [0.3, 0.4) is 0 Å². The summed E-state index contributed by atoms with van der Waals surface area (Å²) in [6, 6.07) is 1.71. The van der Waals surface area contributed by atoms with E-state index in [1.807, 2.05) is 52.5 Å². The molecule has 0 bridgehead atoms. The van der Waals surface area contributed by atoms with Crippen molar-refractivity contribution in [3.05, 3.63) is 34.3 Å². The molecule has 0 radical (unpaired) electrons. The standard InChI is InChI=1S/C21H30N6O2/c1-11(2)20-18-12(3)9-17(23-21(18)27(8)25-20)29-10-16(28)22-13(4)19-14(5)24-26(7)15(19)6/h9,11,13H,10H2,1-8H3,(H,22,28). The number of amides is 1. The van der Waals surface area contributed by atoms with E-state index in [9.17, 15) is 4.79 Å². The number of pyridine rings is 1. The van der Waals surface area contributed by atoms with Crippen molar-refractivity contribution in [3.8, 4) is 5.88 Å². The lowest BCUT2D eigenvalue weighted by atomic mass is 10.0. The molecule has 0 aromatic carbocycles. The number of aromatic nitrogens is 5. The predicted octanol–water partition coefficient (Wildman–Crippen LogP) is 3.01. The molecule has 156 valence electrons. The van der Waals surface area contributed by atoms with Gasteiger partial charge in [-0.3, -0.25) is 14.2 Å². The van der Waals surface area contributed by atoms with Gasteiger partial charge in [-0.15, -0.1) is 0 Å². The minimum atomic E-state index is -0.201. The van der Waals surface area contributed by atoms with Crippen molar-refractivity contribution >= 4 is 16.9 Å². The van der Waals surface area contributed by atoms with E-state index in [4.69, 9.17) is 4.74 Å². The maximum atomic E-state index is 12.4. The monoisotopic (exact) mass is 398 g/mol. The summed E-state index contributed by atoms with van der Waals surface area (Å²) in [7, 11) is 3.77. The first kappa shape index (κ1) is 20.8. The molecule has 0 aliphatic rings. The normalized spacial score (nSPS) is 12.6. The van der Waals surface area contributed by atoms with E-state index in [1.54, 1.807) is 4.68 Å². The number of aryl methyl sites for hydroxylation is 4. The van der Waals surface area contributed by atoms with Crippen molar-refractivity contribution in [2.75, 3.05) is 6.61 Å². The summed E-state index contributed by atoms with van der Waals surface area (Å²) in [6.45, 7) is 12.0. The lowest BCUT2D eigenvalue weighted by molar-refractivity contribution is -0.123. The van der Waals surface area contributed by atoms with Gasteiger partial charge in [-0.05, 0) is 39.2 Å². The lowest BCUT2D eigenvalue weighted by Crippen LogP contribution is -2.31. The Morgan fingerprint density at radius 1 is 1.14 bits per heavy atom. The van der Waals surface area contributed by atoms with Gasteiger partial charge in [-0.1, -0.05) is 13.8 Å². The van der Waals surface area contributed by atoms with E-state index in [0.717, 1.165) is 39.2 Å². The molecule has 8 heteroatoms. The summed E-state index contributed by atoms with van der Waals surface area (Å²) in [4.78, 5) is 17.0. The molecule has 0 aliphatic heterocycles. The van der Waals surface area contributed by atoms with Crippen molar-refractivity contribution in [1.29, 1.82) is 0 Å². The second kappa shape index (κ2) is 7.85. The molecule has 0 aliphatic carbocycles. The van der Waals surface area contributed by atoms with Gasteiger partial charge in [0.2, 0.25) is 5.88 Å². The molecule has 3 rings (SSSR count). The summed E-state index contributed by atoms with van der Waals surface area (Å²) in [5.74, 6) is 0.523. The Bertz CT molecular complexity index is 1060. The second-order valence-electron chi connectivity index (χ2n) is 7.93. The smallest absolute Gasteiger partial charge is 0.258 e. The molecule has 3 aromatic heterocycles. The van der Waals surface area contributed by atoms with E-state index in [1.165, 1.54) is 0 Å². The molecule has 8 nitrogen and oxygen atoms in total. The summed E-state index contributed by atoms with van der Waals surface area (Å²) in [5, 5.41) is 13.0. The van der Waals surface area contributed by atoms with E-state index in [2.05, 4.69) is 34.3 Å². The molecule has 3 aromatic rings. The van der Waals surface area contributed by atoms with Gasteiger partial charge in [0.15, 0.2) is 12.3 Å². The molecule has 1 unspecified atom stereocenters. The molecule has 0 fully saturated rings. The van der Waals surface area contributed by atoms with Gasteiger partial charge >= 0.3 is 0 Å². The van der Waals surface area contributed by atoms with Crippen LogP contribution in [0.25, 0.3) is 11.0 Å². The highest BCUT2D eigenvalue weighted by Crippen LogP contribution is 2.28. The predicted molar refractivity (Wildman–Crippen MR) is 112 cm³/mol.